The maximum absolute atomic E-state index is 13.1. The molecule has 6 heteroatoms. The number of rotatable bonds is 7. The van der Waals surface area contributed by atoms with Gasteiger partial charge in [-0.2, -0.15) is 0 Å². The van der Waals surface area contributed by atoms with Crippen LogP contribution in [0.2, 0.25) is 0 Å². The molecule has 0 radical (unpaired) electrons. The topological polar surface area (TPSA) is 75.7 Å². The second-order valence-corrected chi connectivity index (χ2v) is 7.09. The number of amides is 3. The first-order valence-electron chi connectivity index (χ1n) is 9.43. The Labute approximate surface area is 164 Å². The van der Waals surface area contributed by atoms with Crippen molar-refractivity contribution in [1.82, 2.24) is 4.90 Å². The van der Waals surface area contributed by atoms with Crippen LogP contribution >= 0.6 is 0 Å². The summed E-state index contributed by atoms with van der Waals surface area (Å²) in [7, 11) is 0. The van der Waals surface area contributed by atoms with Gasteiger partial charge >= 0.3 is 0 Å². The van der Waals surface area contributed by atoms with Crippen LogP contribution in [-0.2, 0) is 4.79 Å². The zero-order valence-electron chi connectivity index (χ0n) is 16.3. The molecule has 1 aliphatic rings. The Morgan fingerprint density at radius 1 is 1.00 bits per heavy atom. The van der Waals surface area contributed by atoms with Gasteiger partial charge < -0.3 is 10.1 Å². The molecule has 1 atom stereocenters. The van der Waals surface area contributed by atoms with E-state index < -0.39 is 23.8 Å². The number of carbonyl (C=O) groups is 3. The summed E-state index contributed by atoms with van der Waals surface area (Å²) < 4.78 is 5.55. The lowest BCUT2D eigenvalue weighted by molar-refractivity contribution is -0.120. The molecular weight excluding hydrogens is 356 g/mol. The second kappa shape index (κ2) is 8.25. The normalized spacial score (nSPS) is 14.2. The van der Waals surface area contributed by atoms with Crippen molar-refractivity contribution >= 4 is 23.4 Å². The largest absolute Gasteiger partial charge is 0.492 e. The molecule has 0 saturated heterocycles. The SMILES string of the molecule is CCOc1ccccc1NC(=O)[C@@H](CC(C)C)N1C(=O)c2ccccc2C1=O. The van der Waals surface area contributed by atoms with Crippen LogP contribution in [0.15, 0.2) is 48.5 Å². The Kier molecular flexibility index (Phi) is 5.78. The van der Waals surface area contributed by atoms with Crippen LogP contribution in [-0.4, -0.2) is 35.3 Å². The van der Waals surface area contributed by atoms with Crippen molar-refractivity contribution in [1.29, 1.82) is 0 Å². The maximum atomic E-state index is 13.1. The van der Waals surface area contributed by atoms with E-state index in [0.717, 1.165) is 4.90 Å². The monoisotopic (exact) mass is 380 g/mol. The van der Waals surface area contributed by atoms with Gasteiger partial charge in [0.05, 0.1) is 23.4 Å². The molecule has 28 heavy (non-hydrogen) atoms. The highest BCUT2D eigenvalue weighted by Crippen LogP contribution is 2.29. The molecule has 3 amide bonds. The standard InChI is InChI=1S/C22H24N2O4/c1-4-28-19-12-8-7-11-17(19)23-20(25)18(13-14(2)3)24-21(26)15-9-5-6-10-16(15)22(24)27/h5-12,14,18H,4,13H2,1-3H3,(H,23,25)/t18-/m1/s1. The number of para-hydroxylation sites is 2. The van der Waals surface area contributed by atoms with Crippen LogP contribution in [0.25, 0.3) is 0 Å². The number of ether oxygens (including phenoxy) is 1. The highest BCUT2D eigenvalue weighted by molar-refractivity contribution is 6.23. The second-order valence-electron chi connectivity index (χ2n) is 7.09. The van der Waals surface area contributed by atoms with E-state index in [1.165, 1.54) is 0 Å². The molecule has 2 aromatic rings. The summed E-state index contributed by atoms with van der Waals surface area (Å²) in [4.78, 5) is 39.9. The molecule has 0 unspecified atom stereocenters. The van der Waals surface area contributed by atoms with Crippen molar-refractivity contribution in [3.63, 3.8) is 0 Å². The van der Waals surface area contributed by atoms with Gasteiger partial charge in [-0.3, -0.25) is 19.3 Å². The zero-order valence-corrected chi connectivity index (χ0v) is 16.3. The van der Waals surface area contributed by atoms with Crippen molar-refractivity contribution in [2.45, 2.75) is 33.2 Å². The van der Waals surface area contributed by atoms with E-state index in [1.54, 1.807) is 42.5 Å². The van der Waals surface area contributed by atoms with Crippen molar-refractivity contribution in [2.75, 3.05) is 11.9 Å². The van der Waals surface area contributed by atoms with Gasteiger partial charge in [-0.15, -0.1) is 0 Å². The molecule has 6 nitrogen and oxygen atoms in total. The minimum Gasteiger partial charge on any atom is -0.492 e. The molecule has 0 bridgehead atoms. The van der Waals surface area contributed by atoms with Gasteiger partial charge in [0, 0.05) is 0 Å². The quantitative estimate of drug-likeness (QED) is 0.743. The third-order valence-corrected chi connectivity index (χ3v) is 4.58. The van der Waals surface area contributed by atoms with Crippen LogP contribution in [0, 0.1) is 5.92 Å². The maximum Gasteiger partial charge on any atom is 0.262 e. The van der Waals surface area contributed by atoms with Gasteiger partial charge in [0.15, 0.2) is 0 Å². The first-order valence-corrected chi connectivity index (χ1v) is 9.43. The number of hydrogen-bond donors (Lipinski definition) is 1. The van der Waals surface area contributed by atoms with Gasteiger partial charge in [-0.05, 0) is 43.5 Å². The molecule has 0 fully saturated rings. The predicted molar refractivity (Wildman–Crippen MR) is 106 cm³/mol. The number of nitrogens with zero attached hydrogens (tertiary/aromatic N) is 1. The van der Waals surface area contributed by atoms with Crippen molar-refractivity contribution in [2.24, 2.45) is 5.92 Å². The number of anilines is 1. The summed E-state index contributed by atoms with van der Waals surface area (Å²) in [6, 6.07) is 12.9. The number of hydrogen-bond acceptors (Lipinski definition) is 4. The lowest BCUT2D eigenvalue weighted by Crippen LogP contribution is -2.48. The highest BCUT2D eigenvalue weighted by atomic mass is 16.5. The average molecular weight is 380 g/mol. The fourth-order valence-electron chi connectivity index (χ4n) is 3.33. The van der Waals surface area contributed by atoms with E-state index in [9.17, 15) is 14.4 Å². The third kappa shape index (κ3) is 3.76. The van der Waals surface area contributed by atoms with E-state index >= 15 is 0 Å². The van der Waals surface area contributed by atoms with E-state index in [4.69, 9.17) is 4.74 Å². The minimum absolute atomic E-state index is 0.113. The Hall–Kier alpha value is -3.15. The number of nitrogens with one attached hydrogen (secondary N) is 1. The average Bonchev–Trinajstić information content (AvgIpc) is 2.92. The Bertz CT molecular complexity index is 872. The number of imide groups is 1. The van der Waals surface area contributed by atoms with Gasteiger partial charge in [-0.1, -0.05) is 38.1 Å². The molecule has 146 valence electrons. The number of carbonyl (C=O) groups excluding carboxylic acids is 3. The number of benzene rings is 2. The highest BCUT2D eigenvalue weighted by Gasteiger charge is 2.42. The smallest absolute Gasteiger partial charge is 0.262 e. The zero-order chi connectivity index (χ0) is 20.3. The van der Waals surface area contributed by atoms with Crippen LogP contribution < -0.4 is 10.1 Å². The van der Waals surface area contributed by atoms with Gasteiger partial charge in [-0.25, -0.2) is 0 Å². The first-order chi connectivity index (χ1) is 13.4. The van der Waals surface area contributed by atoms with E-state index in [1.807, 2.05) is 26.8 Å². The fourth-order valence-corrected chi connectivity index (χ4v) is 3.33. The minimum atomic E-state index is -0.901. The summed E-state index contributed by atoms with van der Waals surface area (Å²) in [5.41, 5.74) is 1.19. The van der Waals surface area contributed by atoms with Gasteiger partial charge in [0.2, 0.25) is 5.91 Å². The molecule has 2 aromatic carbocycles. The summed E-state index contributed by atoms with van der Waals surface area (Å²) >= 11 is 0. The van der Waals surface area contributed by atoms with Crippen molar-refractivity contribution < 1.29 is 19.1 Å². The van der Waals surface area contributed by atoms with Gasteiger partial charge in [0.25, 0.3) is 11.8 Å². The Balaban J connectivity index is 1.90. The van der Waals surface area contributed by atoms with Crippen LogP contribution in [0.3, 0.4) is 0 Å². The molecule has 0 aromatic heterocycles. The summed E-state index contributed by atoms with van der Waals surface area (Å²) in [6.45, 7) is 6.22. The lowest BCUT2D eigenvalue weighted by Gasteiger charge is -2.27. The van der Waals surface area contributed by atoms with E-state index in [-0.39, 0.29) is 5.92 Å². The molecule has 0 spiro atoms. The first kappa shape index (κ1) is 19.6. The Morgan fingerprint density at radius 3 is 2.14 bits per heavy atom. The molecule has 1 aliphatic heterocycles. The van der Waals surface area contributed by atoms with Crippen molar-refractivity contribution in [3.05, 3.63) is 59.7 Å². The summed E-state index contributed by atoms with van der Waals surface area (Å²) in [6.07, 6.45) is 0.369. The molecule has 1 N–H and O–H groups in total. The lowest BCUT2D eigenvalue weighted by atomic mass is 10.0. The predicted octanol–water partition coefficient (Wildman–Crippen LogP) is 3.73. The van der Waals surface area contributed by atoms with Crippen LogP contribution in [0.1, 0.15) is 47.9 Å². The van der Waals surface area contributed by atoms with E-state index in [0.29, 0.717) is 35.6 Å². The molecule has 0 saturated carbocycles. The molecule has 0 aliphatic carbocycles. The summed E-state index contributed by atoms with van der Waals surface area (Å²) in [5, 5.41) is 2.84. The fraction of sp³-hybridized carbons (Fsp3) is 0.318. The van der Waals surface area contributed by atoms with Gasteiger partial charge in [0.1, 0.15) is 11.8 Å². The summed E-state index contributed by atoms with van der Waals surface area (Å²) in [5.74, 6) is -0.611. The number of fused-ring (bicyclic) bond motifs is 1. The van der Waals surface area contributed by atoms with Crippen LogP contribution in [0.5, 0.6) is 5.75 Å². The molecule has 1 heterocycles. The van der Waals surface area contributed by atoms with E-state index in [2.05, 4.69) is 5.32 Å². The van der Waals surface area contributed by atoms with Crippen LogP contribution in [0.4, 0.5) is 5.69 Å². The Morgan fingerprint density at radius 2 is 1.57 bits per heavy atom. The molecular formula is C22H24N2O4. The third-order valence-electron chi connectivity index (χ3n) is 4.58. The molecule has 3 rings (SSSR count). The van der Waals surface area contributed by atoms with Crippen molar-refractivity contribution in [3.8, 4) is 5.75 Å².